The molecule has 0 radical (unpaired) electrons. The number of aryl methyl sites for hydroxylation is 1. The van der Waals surface area contributed by atoms with E-state index in [1.807, 2.05) is 24.5 Å². The quantitative estimate of drug-likeness (QED) is 0.648. The van der Waals surface area contributed by atoms with Crippen LogP contribution in [0.4, 0.5) is 11.4 Å². The van der Waals surface area contributed by atoms with Gasteiger partial charge in [-0.3, -0.25) is 0 Å². The molecule has 5 nitrogen and oxygen atoms in total. The summed E-state index contributed by atoms with van der Waals surface area (Å²) in [6.45, 7) is 1.80. The third kappa shape index (κ3) is 4.41. The Morgan fingerprint density at radius 2 is 1.72 bits per heavy atom. The van der Waals surface area contributed by atoms with E-state index in [0.29, 0.717) is 11.4 Å². The number of hydrogen-bond acceptors (Lipinski definition) is 4. The number of nitrogens with one attached hydrogen (secondary N) is 1. The molecule has 0 aliphatic rings. The summed E-state index contributed by atoms with van der Waals surface area (Å²) in [5.41, 5.74) is 1.72. The highest BCUT2D eigenvalue weighted by Gasteiger charge is 1.97. The monoisotopic (exact) mass is 241 g/mol. The second-order valence-corrected chi connectivity index (χ2v) is 3.26. The normalized spacial score (nSPS) is 8.28. The molecule has 2 rings (SSSR count). The van der Waals surface area contributed by atoms with E-state index in [4.69, 9.17) is 0 Å². The Kier molecular flexibility index (Phi) is 5.57. The Balaban J connectivity index is 0.000000269. The van der Waals surface area contributed by atoms with Crippen LogP contribution in [-0.4, -0.2) is 17.1 Å². The summed E-state index contributed by atoms with van der Waals surface area (Å²) in [7, 11) is 0. The molecule has 1 aromatic heterocycles. The molecular weight excluding hydrogens is 230 g/mol. The van der Waals surface area contributed by atoms with Gasteiger partial charge < -0.3 is 4.98 Å². The molecule has 0 amide bonds. The third-order valence-electron chi connectivity index (χ3n) is 2.03. The number of rotatable bonds is 2. The smallest absolute Gasteiger partial charge is 0.240 e. The fraction of sp³-hybridized carbons (Fsp3) is 0.0769. The summed E-state index contributed by atoms with van der Waals surface area (Å²) in [6.07, 6.45) is 6.59. The molecule has 0 aliphatic carbocycles. The number of H-pyrrole nitrogens is 1. The van der Waals surface area contributed by atoms with Crippen molar-refractivity contribution in [3.63, 3.8) is 0 Å². The summed E-state index contributed by atoms with van der Waals surface area (Å²) < 4.78 is 0. The zero-order valence-corrected chi connectivity index (χ0v) is 9.75. The van der Waals surface area contributed by atoms with Crippen molar-refractivity contribution in [2.75, 3.05) is 0 Å². The highest BCUT2D eigenvalue weighted by molar-refractivity contribution is 5.61. The van der Waals surface area contributed by atoms with Crippen LogP contribution in [0.1, 0.15) is 5.56 Å². The maximum atomic E-state index is 10.00. The summed E-state index contributed by atoms with van der Waals surface area (Å²) in [5.74, 6) is 0. The number of hydrogen-bond donors (Lipinski definition) is 1. The van der Waals surface area contributed by atoms with Crippen LogP contribution in [-0.2, 0) is 9.59 Å². The molecule has 0 aliphatic heterocycles. The van der Waals surface area contributed by atoms with Crippen molar-refractivity contribution in [3.8, 4) is 0 Å². The lowest BCUT2D eigenvalue weighted by Crippen LogP contribution is -1.73. The van der Waals surface area contributed by atoms with Crippen molar-refractivity contribution in [3.05, 3.63) is 48.3 Å². The van der Waals surface area contributed by atoms with E-state index >= 15 is 0 Å². The first-order valence-electron chi connectivity index (χ1n) is 5.12. The van der Waals surface area contributed by atoms with Crippen molar-refractivity contribution in [1.82, 2.24) is 4.98 Å². The number of carbonyl (C=O) groups excluding carboxylic acids is 2. The van der Waals surface area contributed by atoms with Crippen molar-refractivity contribution < 1.29 is 9.59 Å². The molecular formula is C13H11N3O2. The van der Waals surface area contributed by atoms with Crippen molar-refractivity contribution >= 4 is 23.5 Å². The predicted molar refractivity (Wildman–Crippen MR) is 67.5 cm³/mol. The molecule has 5 heteroatoms. The molecule has 0 bridgehead atoms. The van der Waals surface area contributed by atoms with E-state index in [2.05, 4.69) is 15.0 Å². The van der Waals surface area contributed by atoms with Gasteiger partial charge in [0.1, 0.15) is 0 Å². The van der Waals surface area contributed by atoms with Crippen LogP contribution in [0.5, 0.6) is 0 Å². The molecule has 0 unspecified atom stereocenters. The zero-order valence-electron chi connectivity index (χ0n) is 9.75. The zero-order chi connectivity index (χ0) is 13.2. The fourth-order valence-corrected chi connectivity index (χ4v) is 1.17. The topological polar surface area (TPSA) is 74.7 Å². The molecule has 0 fully saturated rings. The second-order valence-electron chi connectivity index (χ2n) is 3.26. The van der Waals surface area contributed by atoms with Gasteiger partial charge in [-0.2, -0.15) is 9.98 Å². The molecule has 0 atom stereocenters. The molecule has 1 heterocycles. The Bertz CT molecular complexity index is 561. The summed E-state index contributed by atoms with van der Waals surface area (Å²) in [5, 5.41) is 0. The van der Waals surface area contributed by atoms with Gasteiger partial charge in [-0.15, -0.1) is 0 Å². The first-order valence-corrected chi connectivity index (χ1v) is 5.12. The van der Waals surface area contributed by atoms with Gasteiger partial charge in [-0.05, 0) is 36.8 Å². The Morgan fingerprint density at radius 1 is 1.06 bits per heavy atom. The van der Waals surface area contributed by atoms with Crippen molar-refractivity contribution in [2.24, 2.45) is 9.98 Å². The lowest BCUT2D eigenvalue weighted by molar-refractivity contribution is 0.565. The number of isocyanates is 2. The van der Waals surface area contributed by atoms with E-state index in [-0.39, 0.29) is 0 Å². The Labute approximate surface area is 104 Å². The SMILES string of the molecule is Cc1ccc(N=C=O)cc1N=C=O.c1cc[nH]c1. The average molecular weight is 241 g/mol. The van der Waals surface area contributed by atoms with Crippen molar-refractivity contribution in [2.45, 2.75) is 6.92 Å². The molecule has 18 heavy (non-hydrogen) atoms. The summed E-state index contributed by atoms with van der Waals surface area (Å²) in [4.78, 5) is 29.6. The largest absolute Gasteiger partial charge is 0.368 e. The van der Waals surface area contributed by atoms with Crippen LogP contribution in [0.2, 0.25) is 0 Å². The average Bonchev–Trinajstić information content (AvgIpc) is 2.93. The fourth-order valence-electron chi connectivity index (χ4n) is 1.17. The second kappa shape index (κ2) is 7.52. The van der Waals surface area contributed by atoms with Gasteiger partial charge in [-0.25, -0.2) is 9.59 Å². The van der Waals surface area contributed by atoms with Crippen LogP contribution in [0, 0.1) is 6.92 Å². The van der Waals surface area contributed by atoms with Crippen LogP contribution < -0.4 is 0 Å². The Morgan fingerprint density at radius 3 is 2.22 bits per heavy atom. The highest BCUT2D eigenvalue weighted by atomic mass is 16.1. The third-order valence-corrected chi connectivity index (χ3v) is 2.03. The van der Waals surface area contributed by atoms with Gasteiger partial charge in [0.25, 0.3) is 0 Å². The van der Waals surface area contributed by atoms with Gasteiger partial charge >= 0.3 is 0 Å². The summed E-state index contributed by atoms with van der Waals surface area (Å²) in [6, 6.07) is 8.77. The molecule has 1 aromatic carbocycles. The van der Waals surface area contributed by atoms with E-state index in [0.717, 1.165) is 5.56 Å². The molecule has 0 saturated heterocycles. The van der Waals surface area contributed by atoms with Crippen LogP contribution >= 0.6 is 0 Å². The molecule has 2 aromatic rings. The number of aliphatic imine (C=N–C) groups is 2. The van der Waals surface area contributed by atoms with Gasteiger partial charge in [0.2, 0.25) is 12.2 Å². The summed E-state index contributed by atoms with van der Waals surface area (Å²) >= 11 is 0. The number of aromatic amines is 1. The maximum Gasteiger partial charge on any atom is 0.240 e. The lowest BCUT2D eigenvalue weighted by Gasteiger charge is -1.97. The van der Waals surface area contributed by atoms with Crippen LogP contribution in [0.25, 0.3) is 0 Å². The minimum atomic E-state index is 0.426. The van der Waals surface area contributed by atoms with Gasteiger partial charge in [-0.1, -0.05) is 6.07 Å². The lowest BCUT2D eigenvalue weighted by atomic mass is 10.2. The van der Waals surface area contributed by atoms with E-state index in [9.17, 15) is 9.59 Å². The molecule has 1 N–H and O–H groups in total. The van der Waals surface area contributed by atoms with E-state index in [1.165, 1.54) is 18.2 Å². The van der Waals surface area contributed by atoms with Gasteiger partial charge in [0.15, 0.2) is 0 Å². The Hall–Kier alpha value is -2.74. The molecule has 90 valence electrons. The van der Waals surface area contributed by atoms with Crippen LogP contribution in [0.15, 0.2) is 52.7 Å². The van der Waals surface area contributed by atoms with E-state index < -0.39 is 0 Å². The highest BCUT2D eigenvalue weighted by Crippen LogP contribution is 2.23. The van der Waals surface area contributed by atoms with E-state index in [1.54, 1.807) is 19.1 Å². The first kappa shape index (κ1) is 13.3. The number of nitrogens with zero attached hydrogens (tertiary/aromatic N) is 2. The van der Waals surface area contributed by atoms with Gasteiger partial charge in [0.05, 0.1) is 11.4 Å². The van der Waals surface area contributed by atoms with Crippen molar-refractivity contribution in [1.29, 1.82) is 0 Å². The number of benzene rings is 1. The first-order chi connectivity index (χ1) is 8.77. The standard InChI is InChI=1S/C9H6N2O2.C4H5N/c1-7-2-3-8(10-5-12)4-9(7)11-6-13;1-2-4-5-3-1/h2-4H,1H3;1-5H. The maximum absolute atomic E-state index is 10.00. The molecule has 0 spiro atoms. The van der Waals surface area contributed by atoms with Gasteiger partial charge in [0, 0.05) is 12.4 Å². The minimum Gasteiger partial charge on any atom is -0.368 e. The minimum absolute atomic E-state index is 0.426. The predicted octanol–water partition coefficient (Wildman–Crippen LogP) is 2.94. The number of aromatic nitrogens is 1. The molecule has 0 saturated carbocycles. The van der Waals surface area contributed by atoms with Crippen LogP contribution in [0.3, 0.4) is 0 Å².